The fourth-order valence-corrected chi connectivity index (χ4v) is 3.04. The topological polar surface area (TPSA) is 21.3 Å². The van der Waals surface area contributed by atoms with E-state index in [1.807, 2.05) is 6.92 Å². The minimum Gasteiger partial charge on any atom is -0.380 e. The average Bonchev–Trinajstić information content (AvgIpc) is 2.34. The summed E-state index contributed by atoms with van der Waals surface area (Å²) in [6.07, 6.45) is 1.26. The lowest BCUT2D eigenvalue weighted by atomic mass is 9.64. The van der Waals surface area contributed by atoms with Crippen LogP contribution in [0.5, 0.6) is 0 Å². The largest absolute Gasteiger partial charge is 0.380 e. The molecule has 1 N–H and O–H groups in total. The highest BCUT2D eigenvalue weighted by molar-refractivity contribution is 6.44. The highest BCUT2D eigenvalue weighted by atomic mass is 35.5. The van der Waals surface area contributed by atoms with Gasteiger partial charge in [0.05, 0.1) is 26.9 Å². The first-order valence-corrected chi connectivity index (χ1v) is 7.52. The maximum absolute atomic E-state index is 6.18. The molecule has 1 aromatic carbocycles. The van der Waals surface area contributed by atoms with Crippen LogP contribution in [-0.4, -0.2) is 18.8 Å². The molecule has 5 heteroatoms. The Morgan fingerprint density at radius 2 is 1.84 bits per heavy atom. The van der Waals surface area contributed by atoms with Crippen molar-refractivity contribution >= 4 is 40.5 Å². The summed E-state index contributed by atoms with van der Waals surface area (Å²) in [7, 11) is 0. The Kier molecular flexibility index (Phi) is 4.56. The molecule has 2 unspecified atom stereocenters. The standard InChI is InChI=1S/C14H18Cl3NO/c1-4-19-13-7-12(14(13,2)3)18-11-6-9(16)8(15)5-10(11)17/h5-6,12-13,18H,4,7H2,1-3H3. The molecule has 19 heavy (non-hydrogen) atoms. The lowest BCUT2D eigenvalue weighted by Gasteiger charge is -2.52. The highest BCUT2D eigenvalue weighted by Crippen LogP contribution is 2.45. The summed E-state index contributed by atoms with van der Waals surface area (Å²) in [5, 5.41) is 5.00. The Hall–Kier alpha value is -0.150. The molecule has 0 bridgehead atoms. The number of halogens is 3. The van der Waals surface area contributed by atoms with Gasteiger partial charge >= 0.3 is 0 Å². The molecule has 2 rings (SSSR count). The van der Waals surface area contributed by atoms with E-state index in [0.29, 0.717) is 21.1 Å². The number of hydrogen-bond acceptors (Lipinski definition) is 2. The van der Waals surface area contributed by atoms with Crippen LogP contribution in [-0.2, 0) is 4.74 Å². The predicted octanol–water partition coefficient (Wildman–Crippen LogP) is 5.26. The fraction of sp³-hybridized carbons (Fsp3) is 0.571. The van der Waals surface area contributed by atoms with Crippen molar-refractivity contribution in [3.05, 3.63) is 27.2 Å². The molecule has 0 saturated heterocycles. The number of ether oxygens (including phenoxy) is 1. The van der Waals surface area contributed by atoms with Gasteiger partial charge in [0.2, 0.25) is 0 Å². The van der Waals surface area contributed by atoms with Crippen LogP contribution in [0, 0.1) is 5.41 Å². The Balaban J connectivity index is 2.09. The first-order valence-electron chi connectivity index (χ1n) is 6.39. The van der Waals surface area contributed by atoms with Crippen LogP contribution >= 0.6 is 34.8 Å². The molecule has 0 heterocycles. The lowest BCUT2D eigenvalue weighted by Crippen LogP contribution is -2.58. The smallest absolute Gasteiger partial charge is 0.0665 e. The van der Waals surface area contributed by atoms with E-state index in [9.17, 15) is 0 Å². The number of rotatable bonds is 4. The van der Waals surface area contributed by atoms with Crippen molar-refractivity contribution in [2.24, 2.45) is 5.41 Å². The first kappa shape index (κ1) is 15.2. The van der Waals surface area contributed by atoms with Crippen LogP contribution < -0.4 is 5.32 Å². The van der Waals surface area contributed by atoms with Crippen molar-refractivity contribution < 1.29 is 4.74 Å². The summed E-state index contributed by atoms with van der Waals surface area (Å²) >= 11 is 18.1. The van der Waals surface area contributed by atoms with Gasteiger partial charge in [-0.05, 0) is 25.5 Å². The van der Waals surface area contributed by atoms with Crippen molar-refractivity contribution in [1.82, 2.24) is 0 Å². The second kappa shape index (κ2) is 5.69. The van der Waals surface area contributed by atoms with E-state index in [2.05, 4.69) is 19.2 Å². The van der Waals surface area contributed by atoms with Crippen LogP contribution in [0.2, 0.25) is 15.1 Å². The molecular weight excluding hydrogens is 305 g/mol. The zero-order valence-corrected chi connectivity index (χ0v) is 13.5. The van der Waals surface area contributed by atoms with Gasteiger partial charge < -0.3 is 10.1 Å². The third kappa shape index (κ3) is 2.97. The normalized spacial score (nSPS) is 24.9. The molecule has 1 aliphatic carbocycles. The second-order valence-corrected chi connectivity index (χ2v) is 6.67. The second-order valence-electron chi connectivity index (χ2n) is 5.44. The van der Waals surface area contributed by atoms with Crippen LogP contribution in [0.4, 0.5) is 5.69 Å². The number of hydrogen-bond donors (Lipinski definition) is 1. The van der Waals surface area contributed by atoms with Crippen LogP contribution in [0.3, 0.4) is 0 Å². The summed E-state index contributed by atoms with van der Waals surface area (Å²) in [5.41, 5.74) is 0.898. The van der Waals surface area contributed by atoms with Crippen molar-refractivity contribution in [3.8, 4) is 0 Å². The highest BCUT2D eigenvalue weighted by Gasteiger charge is 2.49. The molecule has 106 valence electrons. The third-order valence-electron chi connectivity index (χ3n) is 3.89. The minimum atomic E-state index is 0.0749. The monoisotopic (exact) mass is 321 g/mol. The maximum Gasteiger partial charge on any atom is 0.0665 e. The third-order valence-corrected chi connectivity index (χ3v) is 4.92. The van der Waals surface area contributed by atoms with Gasteiger partial charge in [-0.2, -0.15) is 0 Å². The molecule has 0 spiro atoms. The number of benzene rings is 1. The molecular formula is C14H18Cl3NO. The van der Waals surface area contributed by atoms with Crippen LogP contribution in [0.15, 0.2) is 12.1 Å². The molecule has 0 aromatic heterocycles. The lowest BCUT2D eigenvalue weighted by molar-refractivity contribution is -0.0975. The van der Waals surface area contributed by atoms with E-state index in [1.54, 1.807) is 12.1 Å². The van der Waals surface area contributed by atoms with E-state index < -0.39 is 0 Å². The van der Waals surface area contributed by atoms with Gasteiger partial charge in [-0.15, -0.1) is 0 Å². The zero-order valence-electron chi connectivity index (χ0n) is 11.3. The number of nitrogens with one attached hydrogen (secondary N) is 1. The minimum absolute atomic E-state index is 0.0749. The predicted molar refractivity (Wildman–Crippen MR) is 82.7 cm³/mol. The van der Waals surface area contributed by atoms with Crippen LogP contribution in [0.25, 0.3) is 0 Å². The van der Waals surface area contributed by atoms with Crippen molar-refractivity contribution in [1.29, 1.82) is 0 Å². The van der Waals surface area contributed by atoms with Gasteiger partial charge in [-0.25, -0.2) is 0 Å². The molecule has 1 aliphatic rings. The van der Waals surface area contributed by atoms with E-state index in [1.165, 1.54) is 0 Å². The van der Waals surface area contributed by atoms with Gasteiger partial charge in [-0.3, -0.25) is 0 Å². The quantitative estimate of drug-likeness (QED) is 0.763. The summed E-state index contributed by atoms with van der Waals surface area (Å²) in [4.78, 5) is 0. The van der Waals surface area contributed by atoms with E-state index in [-0.39, 0.29) is 11.5 Å². The van der Waals surface area contributed by atoms with Gasteiger partial charge in [0.15, 0.2) is 0 Å². The summed E-state index contributed by atoms with van der Waals surface area (Å²) in [6, 6.07) is 3.76. The van der Waals surface area contributed by atoms with Gasteiger partial charge in [-0.1, -0.05) is 48.7 Å². The first-order chi connectivity index (χ1) is 8.86. The molecule has 1 fully saturated rings. The van der Waals surface area contributed by atoms with E-state index in [0.717, 1.165) is 18.7 Å². The Morgan fingerprint density at radius 3 is 2.42 bits per heavy atom. The SMILES string of the molecule is CCOC1CC(Nc2cc(Cl)c(Cl)cc2Cl)C1(C)C. The van der Waals surface area contributed by atoms with Crippen molar-refractivity contribution in [3.63, 3.8) is 0 Å². The van der Waals surface area contributed by atoms with Crippen LogP contribution in [0.1, 0.15) is 27.2 Å². The number of anilines is 1. The average molecular weight is 323 g/mol. The summed E-state index contributed by atoms with van der Waals surface area (Å²) in [5.74, 6) is 0. The molecule has 0 radical (unpaired) electrons. The van der Waals surface area contributed by atoms with Gasteiger partial charge in [0.25, 0.3) is 0 Å². The molecule has 2 atom stereocenters. The summed E-state index contributed by atoms with van der Waals surface area (Å²) < 4.78 is 5.71. The molecule has 2 nitrogen and oxygen atoms in total. The Bertz CT molecular complexity index is 476. The fourth-order valence-electron chi connectivity index (χ4n) is 2.44. The Labute approximate surface area is 129 Å². The molecule has 0 amide bonds. The zero-order chi connectivity index (χ0) is 14.2. The van der Waals surface area contributed by atoms with Crippen molar-refractivity contribution in [2.45, 2.75) is 39.3 Å². The summed E-state index contributed by atoms with van der Waals surface area (Å²) in [6.45, 7) is 7.15. The van der Waals surface area contributed by atoms with E-state index >= 15 is 0 Å². The van der Waals surface area contributed by atoms with Gasteiger partial charge in [0.1, 0.15) is 0 Å². The maximum atomic E-state index is 6.18. The molecule has 0 aliphatic heterocycles. The molecule has 1 saturated carbocycles. The van der Waals surface area contributed by atoms with Crippen molar-refractivity contribution in [2.75, 3.05) is 11.9 Å². The Morgan fingerprint density at radius 1 is 1.21 bits per heavy atom. The molecule has 1 aromatic rings. The van der Waals surface area contributed by atoms with Gasteiger partial charge in [0, 0.05) is 18.1 Å². The van der Waals surface area contributed by atoms with E-state index in [4.69, 9.17) is 39.5 Å².